The molecule has 0 saturated carbocycles. The lowest BCUT2D eigenvalue weighted by molar-refractivity contribution is -0.0551. The molecule has 0 radical (unpaired) electrons. The van der Waals surface area contributed by atoms with Crippen LogP contribution >= 0.6 is 0 Å². The number of nitrogens with zero attached hydrogens (tertiary/aromatic N) is 1. The van der Waals surface area contributed by atoms with Crippen LogP contribution in [0.2, 0.25) is 0 Å². The minimum Gasteiger partial charge on any atom is -0.489 e. The predicted octanol–water partition coefficient (Wildman–Crippen LogP) is 2.46. The van der Waals surface area contributed by atoms with Gasteiger partial charge in [-0.05, 0) is 11.6 Å². The van der Waals surface area contributed by atoms with Crippen molar-refractivity contribution in [1.29, 1.82) is 5.26 Å². The summed E-state index contributed by atoms with van der Waals surface area (Å²) in [5.74, 6) is -3.39. The number of H-pyrrole nitrogens is 1. The number of aliphatic hydroxyl groups is 1. The number of ether oxygens (including phenoxy) is 1. The maximum atomic E-state index is 12.8. The molecular weight excluding hydrogens is 266 g/mol. The molecule has 1 heterocycles. The third kappa shape index (κ3) is 3.06. The molecule has 6 heteroatoms. The van der Waals surface area contributed by atoms with Crippen LogP contribution in [0.4, 0.5) is 8.78 Å². The minimum atomic E-state index is -2.97. The van der Waals surface area contributed by atoms with Gasteiger partial charge in [-0.2, -0.15) is 5.26 Å². The predicted molar refractivity (Wildman–Crippen MR) is 68.1 cm³/mol. The molecule has 1 aromatic rings. The van der Waals surface area contributed by atoms with E-state index < -0.39 is 24.6 Å². The quantitative estimate of drug-likeness (QED) is 0.890. The molecule has 0 spiro atoms. The second-order valence-corrected chi connectivity index (χ2v) is 4.72. The van der Waals surface area contributed by atoms with Gasteiger partial charge in [-0.1, -0.05) is 12.2 Å². The number of halogens is 2. The Morgan fingerprint density at radius 1 is 1.50 bits per heavy atom. The molecule has 2 rings (SSSR count). The topological polar surface area (TPSA) is 69.0 Å². The molecule has 0 aliphatic heterocycles. The molecule has 0 bridgehead atoms. The summed E-state index contributed by atoms with van der Waals surface area (Å²) in [6.45, 7) is -0.0509. The highest BCUT2D eigenvalue weighted by Gasteiger charge is 2.30. The van der Waals surface area contributed by atoms with Crippen LogP contribution in [0.15, 0.2) is 36.4 Å². The summed E-state index contributed by atoms with van der Waals surface area (Å²) in [6, 6.07) is 2.01. The molecule has 0 amide bonds. The Morgan fingerprint density at radius 2 is 2.25 bits per heavy atom. The van der Waals surface area contributed by atoms with Gasteiger partial charge in [0.05, 0.1) is 5.56 Å². The molecule has 0 saturated heterocycles. The summed E-state index contributed by atoms with van der Waals surface area (Å²) >= 11 is 0. The summed E-state index contributed by atoms with van der Waals surface area (Å²) in [4.78, 5) is 2.79. The maximum absolute atomic E-state index is 12.8. The average Bonchev–Trinajstić information content (AvgIpc) is 2.84. The number of aromatic amines is 1. The first kappa shape index (κ1) is 14.3. The molecule has 106 valence electrons. The van der Waals surface area contributed by atoms with E-state index >= 15 is 0 Å². The van der Waals surface area contributed by atoms with Crippen LogP contribution in [0.3, 0.4) is 0 Å². The SMILES string of the molecule is CC(F)(F)COC1=CC=CC(c2c[nH]cc2C#N)C1O. The third-order valence-corrected chi connectivity index (χ3v) is 2.96. The van der Waals surface area contributed by atoms with Gasteiger partial charge in [-0.3, -0.25) is 0 Å². The lowest BCUT2D eigenvalue weighted by Crippen LogP contribution is -2.27. The zero-order chi connectivity index (χ0) is 14.8. The van der Waals surface area contributed by atoms with Crippen molar-refractivity contribution >= 4 is 0 Å². The van der Waals surface area contributed by atoms with Crippen LogP contribution in [0.5, 0.6) is 0 Å². The average molecular weight is 280 g/mol. The number of aliphatic hydroxyl groups excluding tert-OH is 1. The highest BCUT2D eigenvalue weighted by atomic mass is 19.3. The van der Waals surface area contributed by atoms with E-state index in [1.54, 1.807) is 18.3 Å². The molecule has 2 N–H and O–H groups in total. The lowest BCUT2D eigenvalue weighted by atomic mass is 9.88. The van der Waals surface area contributed by atoms with E-state index in [9.17, 15) is 13.9 Å². The number of nitrogens with one attached hydrogen (secondary N) is 1. The second-order valence-electron chi connectivity index (χ2n) is 4.72. The van der Waals surface area contributed by atoms with Crippen molar-refractivity contribution < 1.29 is 18.6 Å². The number of alkyl halides is 2. The number of hydrogen-bond acceptors (Lipinski definition) is 3. The molecule has 2 unspecified atom stereocenters. The standard InChI is InChI=1S/C14H14F2N2O2/c1-14(15,16)8-20-12-4-2-3-10(13(12)19)11-7-18-6-9(11)5-17/h2-4,6-7,10,13,18-19H,8H2,1H3. The van der Waals surface area contributed by atoms with Gasteiger partial charge in [-0.15, -0.1) is 0 Å². The fraction of sp³-hybridized carbons (Fsp3) is 0.357. The van der Waals surface area contributed by atoms with Gasteiger partial charge in [0, 0.05) is 25.2 Å². The Hall–Kier alpha value is -2.13. The highest BCUT2D eigenvalue weighted by molar-refractivity contribution is 5.43. The van der Waals surface area contributed by atoms with Crippen molar-refractivity contribution in [1.82, 2.24) is 4.98 Å². The summed E-state index contributed by atoms with van der Waals surface area (Å²) in [5.41, 5.74) is 1.01. The van der Waals surface area contributed by atoms with E-state index in [4.69, 9.17) is 10.00 Å². The monoisotopic (exact) mass is 280 g/mol. The Bertz CT molecular complexity index is 579. The second kappa shape index (κ2) is 5.47. The van der Waals surface area contributed by atoms with Gasteiger partial charge < -0.3 is 14.8 Å². The third-order valence-electron chi connectivity index (χ3n) is 2.96. The van der Waals surface area contributed by atoms with Crippen LogP contribution in [0.25, 0.3) is 0 Å². The maximum Gasteiger partial charge on any atom is 0.278 e. The van der Waals surface area contributed by atoms with Crippen LogP contribution in [-0.4, -0.2) is 28.7 Å². The van der Waals surface area contributed by atoms with Crippen molar-refractivity contribution in [2.45, 2.75) is 24.9 Å². The Labute approximate surface area is 115 Å². The fourth-order valence-electron chi connectivity index (χ4n) is 2.02. The van der Waals surface area contributed by atoms with Gasteiger partial charge >= 0.3 is 0 Å². The minimum absolute atomic E-state index is 0.0733. The summed E-state index contributed by atoms with van der Waals surface area (Å²) in [7, 11) is 0. The fourth-order valence-corrected chi connectivity index (χ4v) is 2.02. The smallest absolute Gasteiger partial charge is 0.278 e. The van der Waals surface area contributed by atoms with Gasteiger partial charge in [0.15, 0.2) is 6.61 Å². The van der Waals surface area contributed by atoms with E-state index in [-0.39, 0.29) is 5.76 Å². The molecule has 2 atom stereocenters. The van der Waals surface area contributed by atoms with Gasteiger partial charge in [-0.25, -0.2) is 8.78 Å². The van der Waals surface area contributed by atoms with E-state index in [2.05, 4.69) is 4.98 Å². The van der Waals surface area contributed by atoms with Crippen molar-refractivity contribution in [3.05, 3.63) is 47.5 Å². The zero-order valence-corrected chi connectivity index (χ0v) is 10.8. The van der Waals surface area contributed by atoms with Gasteiger partial charge in [0.2, 0.25) is 0 Å². The van der Waals surface area contributed by atoms with Crippen LogP contribution < -0.4 is 0 Å². The summed E-state index contributed by atoms with van der Waals surface area (Å²) in [6.07, 6.45) is 6.81. The first-order valence-electron chi connectivity index (χ1n) is 6.06. The Balaban J connectivity index is 2.15. The summed E-state index contributed by atoms with van der Waals surface area (Å²) < 4.78 is 30.6. The Morgan fingerprint density at radius 3 is 2.90 bits per heavy atom. The van der Waals surface area contributed by atoms with Crippen molar-refractivity contribution in [3.63, 3.8) is 0 Å². The van der Waals surface area contributed by atoms with Crippen LogP contribution in [0.1, 0.15) is 24.0 Å². The van der Waals surface area contributed by atoms with E-state index in [0.29, 0.717) is 11.1 Å². The van der Waals surface area contributed by atoms with Gasteiger partial charge in [0.1, 0.15) is 17.9 Å². The van der Waals surface area contributed by atoms with Crippen LogP contribution in [-0.2, 0) is 4.74 Å². The molecule has 1 aromatic heterocycles. The van der Waals surface area contributed by atoms with Gasteiger partial charge in [0.25, 0.3) is 5.92 Å². The normalized spacial score (nSPS) is 22.2. The van der Waals surface area contributed by atoms with Crippen molar-refractivity contribution in [3.8, 4) is 6.07 Å². The van der Waals surface area contributed by atoms with E-state index in [1.165, 1.54) is 12.3 Å². The number of aromatic nitrogens is 1. The largest absolute Gasteiger partial charge is 0.489 e. The molecule has 1 aliphatic carbocycles. The van der Waals surface area contributed by atoms with E-state index in [0.717, 1.165) is 6.92 Å². The number of allylic oxidation sites excluding steroid dienone is 2. The lowest BCUT2D eigenvalue weighted by Gasteiger charge is -2.26. The zero-order valence-electron chi connectivity index (χ0n) is 10.8. The Kier molecular flexibility index (Phi) is 3.91. The summed E-state index contributed by atoms with van der Waals surface area (Å²) in [5, 5.41) is 19.2. The number of hydrogen-bond donors (Lipinski definition) is 2. The van der Waals surface area contributed by atoms with E-state index in [1.807, 2.05) is 6.07 Å². The molecule has 1 aliphatic rings. The molecule has 0 aromatic carbocycles. The molecule has 0 fully saturated rings. The molecule has 4 nitrogen and oxygen atoms in total. The number of rotatable bonds is 4. The van der Waals surface area contributed by atoms with Crippen molar-refractivity contribution in [2.24, 2.45) is 0 Å². The molecular formula is C14H14F2N2O2. The highest BCUT2D eigenvalue weighted by Crippen LogP contribution is 2.32. The van der Waals surface area contributed by atoms with Crippen molar-refractivity contribution in [2.75, 3.05) is 6.61 Å². The first-order valence-corrected chi connectivity index (χ1v) is 6.06. The molecule has 20 heavy (non-hydrogen) atoms. The first-order chi connectivity index (χ1) is 9.42. The van der Waals surface area contributed by atoms with Crippen LogP contribution in [0, 0.1) is 11.3 Å². The number of nitriles is 1.